The molecule has 1 aromatic carbocycles. The molecule has 18 heavy (non-hydrogen) atoms. The highest BCUT2D eigenvalue weighted by Crippen LogP contribution is 2.03. The van der Waals surface area contributed by atoms with Gasteiger partial charge >= 0.3 is 6.03 Å². The Hall–Kier alpha value is -2.35. The molecule has 5 heteroatoms. The summed E-state index contributed by atoms with van der Waals surface area (Å²) < 4.78 is 12.3. The fraction of sp³-hybridized carbons (Fsp3) is 0.231. The van der Waals surface area contributed by atoms with Crippen LogP contribution in [-0.4, -0.2) is 12.6 Å². The Morgan fingerprint density at radius 1 is 1.44 bits per heavy atom. The van der Waals surface area contributed by atoms with Crippen LogP contribution in [0.15, 0.2) is 36.7 Å². The van der Waals surface area contributed by atoms with E-state index in [0.29, 0.717) is 12.1 Å². The standard InChI is InChI=1S/C13H14FN3O/c1-10(14)5-6-16-13(18)17-9-12-4-2-3-11(7-12)8-15/h2-4,7H,1,5-6,9H2,(H2,16,17,18). The average molecular weight is 247 g/mol. The number of nitriles is 1. The minimum Gasteiger partial charge on any atom is -0.338 e. The van der Waals surface area contributed by atoms with Crippen LogP contribution in [0.3, 0.4) is 0 Å². The Labute approximate surface area is 105 Å². The molecule has 0 aromatic heterocycles. The summed E-state index contributed by atoms with van der Waals surface area (Å²) in [6, 6.07) is 8.60. The first kappa shape index (κ1) is 13.7. The van der Waals surface area contributed by atoms with Gasteiger partial charge in [-0.15, -0.1) is 0 Å². The number of halogens is 1. The molecule has 0 saturated carbocycles. The zero-order chi connectivity index (χ0) is 13.4. The molecule has 0 radical (unpaired) electrons. The zero-order valence-electron chi connectivity index (χ0n) is 9.87. The quantitative estimate of drug-likeness (QED) is 0.838. The molecule has 0 aliphatic rings. The van der Waals surface area contributed by atoms with Crippen LogP contribution in [0.4, 0.5) is 9.18 Å². The first-order chi connectivity index (χ1) is 8.61. The van der Waals surface area contributed by atoms with Crippen LogP contribution in [0, 0.1) is 11.3 Å². The largest absolute Gasteiger partial charge is 0.338 e. The van der Waals surface area contributed by atoms with Crippen LogP contribution in [-0.2, 0) is 6.54 Å². The average Bonchev–Trinajstić information content (AvgIpc) is 2.36. The van der Waals surface area contributed by atoms with Crippen molar-refractivity contribution in [3.63, 3.8) is 0 Å². The lowest BCUT2D eigenvalue weighted by atomic mass is 10.1. The van der Waals surface area contributed by atoms with Gasteiger partial charge < -0.3 is 10.6 Å². The number of rotatable bonds is 5. The van der Waals surface area contributed by atoms with Gasteiger partial charge in [-0.2, -0.15) is 5.26 Å². The van der Waals surface area contributed by atoms with E-state index >= 15 is 0 Å². The first-order valence-electron chi connectivity index (χ1n) is 5.46. The van der Waals surface area contributed by atoms with E-state index in [2.05, 4.69) is 17.2 Å². The zero-order valence-corrected chi connectivity index (χ0v) is 9.87. The van der Waals surface area contributed by atoms with Crippen LogP contribution in [0.2, 0.25) is 0 Å². The van der Waals surface area contributed by atoms with Gasteiger partial charge in [-0.1, -0.05) is 18.7 Å². The van der Waals surface area contributed by atoms with Crippen LogP contribution >= 0.6 is 0 Å². The Kier molecular flexibility index (Phi) is 5.39. The number of urea groups is 1. The molecular formula is C13H14FN3O. The molecule has 0 saturated heterocycles. The van der Waals surface area contributed by atoms with E-state index in [1.807, 2.05) is 12.1 Å². The Bertz CT molecular complexity index is 479. The molecule has 0 heterocycles. The molecule has 0 spiro atoms. The summed E-state index contributed by atoms with van der Waals surface area (Å²) >= 11 is 0. The van der Waals surface area contributed by atoms with Gasteiger partial charge in [0.2, 0.25) is 0 Å². The lowest BCUT2D eigenvalue weighted by molar-refractivity contribution is 0.240. The van der Waals surface area contributed by atoms with E-state index in [4.69, 9.17) is 5.26 Å². The van der Waals surface area contributed by atoms with Crippen LogP contribution in [0.5, 0.6) is 0 Å². The van der Waals surface area contributed by atoms with E-state index in [1.165, 1.54) is 0 Å². The molecule has 2 N–H and O–H groups in total. The van der Waals surface area contributed by atoms with E-state index in [9.17, 15) is 9.18 Å². The summed E-state index contributed by atoms with van der Waals surface area (Å²) in [6.45, 7) is 3.62. The van der Waals surface area contributed by atoms with Gasteiger partial charge in [0.05, 0.1) is 17.5 Å². The second-order valence-electron chi connectivity index (χ2n) is 3.69. The smallest absolute Gasteiger partial charge is 0.315 e. The van der Waals surface area contributed by atoms with Gasteiger partial charge in [0.25, 0.3) is 0 Å². The Morgan fingerprint density at radius 3 is 2.89 bits per heavy atom. The molecule has 0 bridgehead atoms. The number of carbonyl (C=O) groups is 1. The van der Waals surface area contributed by atoms with E-state index in [-0.39, 0.29) is 19.0 Å². The molecule has 0 aliphatic heterocycles. The minimum absolute atomic E-state index is 0.108. The predicted octanol–water partition coefficient (Wildman–Crippen LogP) is 2.23. The first-order valence-corrected chi connectivity index (χ1v) is 5.46. The molecular weight excluding hydrogens is 233 g/mol. The van der Waals surface area contributed by atoms with Crippen LogP contribution in [0.25, 0.3) is 0 Å². The van der Waals surface area contributed by atoms with Gasteiger partial charge in [0, 0.05) is 19.5 Å². The van der Waals surface area contributed by atoms with Crippen molar-refractivity contribution in [2.24, 2.45) is 0 Å². The van der Waals surface area contributed by atoms with Crippen molar-refractivity contribution in [2.45, 2.75) is 13.0 Å². The van der Waals surface area contributed by atoms with Crippen molar-refractivity contribution in [3.05, 3.63) is 47.8 Å². The SMILES string of the molecule is C=C(F)CCNC(=O)NCc1cccc(C#N)c1. The van der Waals surface area contributed by atoms with E-state index in [1.54, 1.807) is 18.2 Å². The lowest BCUT2D eigenvalue weighted by Gasteiger charge is -2.07. The third-order valence-corrected chi connectivity index (χ3v) is 2.19. The molecule has 0 fully saturated rings. The number of benzene rings is 1. The maximum Gasteiger partial charge on any atom is 0.315 e. The number of hydrogen-bond donors (Lipinski definition) is 2. The fourth-order valence-corrected chi connectivity index (χ4v) is 1.31. The molecule has 94 valence electrons. The van der Waals surface area contributed by atoms with Gasteiger partial charge in [-0.3, -0.25) is 0 Å². The van der Waals surface area contributed by atoms with Crippen molar-refractivity contribution >= 4 is 6.03 Å². The summed E-state index contributed by atoms with van der Waals surface area (Å²) in [6.07, 6.45) is 0.108. The fourth-order valence-electron chi connectivity index (χ4n) is 1.31. The summed E-state index contributed by atoms with van der Waals surface area (Å²) in [5, 5.41) is 13.8. The molecule has 0 atom stereocenters. The van der Waals surface area contributed by atoms with Crippen LogP contribution < -0.4 is 10.6 Å². The van der Waals surface area contributed by atoms with Crippen molar-refractivity contribution in [3.8, 4) is 6.07 Å². The summed E-state index contributed by atoms with van der Waals surface area (Å²) in [5.74, 6) is -0.461. The maximum absolute atomic E-state index is 12.3. The van der Waals surface area contributed by atoms with E-state index < -0.39 is 5.83 Å². The number of amides is 2. The third-order valence-electron chi connectivity index (χ3n) is 2.19. The lowest BCUT2D eigenvalue weighted by Crippen LogP contribution is -2.35. The van der Waals surface area contributed by atoms with Gasteiger partial charge in [-0.05, 0) is 17.7 Å². The second-order valence-corrected chi connectivity index (χ2v) is 3.69. The van der Waals surface area contributed by atoms with E-state index in [0.717, 1.165) is 5.56 Å². The molecule has 4 nitrogen and oxygen atoms in total. The highest BCUT2D eigenvalue weighted by atomic mass is 19.1. The molecule has 1 rings (SSSR count). The maximum atomic E-state index is 12.3. The second kappa shape index (κ2) is 7.07. The highest BCUT2D eigenvalue weighted by molar-refractivity contribution is 5.73. The Balaban J connectivity index is 2.33. The normalized spacial score (nSPS) is 9.33. The number of nitrogens with one attached hydrogen (secondary N) is 2. The number of hydrogen-bond acceptors (Lipinski definition) is 2. The molecule has 2 amide bonds. The summed E-state index contributed by atoms with van der Waals surface area (Å²) in [7, 11) is 0. The predicted molar refractivity (Wildman–Crippen MR) is 66.3 cm³/mol. The monoisotopic (exact) mass is 247 g/mol. The van der Waals surface area contributed by atoms with Crippen molar-refractivity contribution < 1.29 is 9.18 Å². The molecule has 1 aromatic rings. The molecule has 0 unspecified atom stereocenters. The summed E-state index contributed by atoms with van der Waals surface area (Å²) in [5.41, 5.74) is 1.38. The number of carbonyl (C=O) groups excluding carboxylic acids is 1. The van der Waals surface area contributed by atoms with Gasteiger partial charge in [0.15, 0.2) is 0 Å². The van der Waals surface area contributed by atoms with Gasteiger partial charge in [0.1, 0.15) is 0 Å². The Morgan fingerprint density at radius 2 is 2.22 bits per heavy atom. The minimum atomic E-state index is -0.461. The van der Waals surface area contributed by atoms with Crippen molar-refractivity contribution in [1.29, 1.82) is 5.26 Å². The molecule has 0 aliphatic carbocycles. The van der Waals surface area contributed by atoms with Crippen LogP contribution in [0.1, 0.15) is 17.5 Å². The topological polar surface area (TPSA) is 64.9 Å². The van der Waals surface area contributed by atoms with Crippen molar-refractivity contribution in [1.82, 2.24) is 10.6 Å². The van der Waals surface area contributed by atoms with Gasteiger partial charge in [-0.25, -0.2) is 9.18 Å². The summed E-state index contributed by atoms with van der Waals surface area (Å²) in [4.78, 5) is 11.3. The highest BCUT2D eigenvalue weighted by Gasteiger charge is 2.01. The third kappa shape index (κ3) is 5.12. The van der Waals surface area contributed by atoms with Crippen molar-refractivity contribution in [2.75, 3.05) is 6.54 Å². The number of nitrogens with zero attached hydrogens (tertiary/aromatic N) is 1.